The van der Waals surface area contributed by atoms with Gasteiger partial charge in [0.15, 0.2) is 5.78 Å². The number of rotatable bonds is 4. The van der Waals surface area contributed by atoms with Gasteiger partial charge in [-0.15, -0.1) is 0 Å². The van der Waals surface area contributed by atoms with Crippen LogP contribution in [-0.2, 0) is 0 Å². The van der Waals surface area contributed by atoms with E-state index in [2.05, 4.69) is 6.58 Å². The molecule has 3 heteroatoms. The Morgan fingerprint density at radius 2 is 2.00 bits per heavy atom. The van der Waals surface area contributed by atoms with Gasteiger partial charge in [0.2, 0.25) is 0 Å². The standard InChI is InChI=1S/C11H11ClO2/c1-8(12)7-14-11-5-3-10(4-6-11)9(2)13/h3-6H,1,7H2,2H3. The lowest BCUT2D eigenvalue weighted by Crippen LogP contribution is -1.97. The van der Waals surface area contributed by atoms with Crippen LogP contribution in [0.1, 0.15) is 17.3 Å². The molecule has 1 rings (SSSR count). The molecule has 0 aliphatic carbocycles. The van der Waals surface area contributed by atoms with E-state index >= 15 is 0 Å². The number of carbonyl (C=O) groups excluding carboxylic acids is 1. The Hall–Kier alpha value is -1.28. The zero-order valence-corrected chi connectivity index (χ0v) is 8.67. The molecule has 0 heterocycles. The van der Waals surface area contributed by atoms with Crippen molar-refractivity contribution in [3.63, 3.8) is 0 Å². The second-order valence-electron chi connectivity index (χ2n) is 2.89. The summed E-state index contributed by atoms with van der Waals surface area (Å²) in [6.45, 7) is 5.31. The van der Waals surface area contributed by atoms with Gasteiger partial charge in [-0.1, -0.05) is 18.2 Å². The van der Waals surface area contributed by atoms with Crippen molar-refractivity contribution in [3.8, 4) is 5.75 Å². The van der Waals surface area contributed by atoms with Gasteiger partial charge in [0.05, 0.1) is 0 Å². The number of hydrogen-bond donors (Lipinski definition) is 0. The highest BCUT2D eigenvalue weighted by Gasteiger charge is 1.99. The summed E-state index contributed by atoms with van der Waals surface area (Å²) in [5.74, 6) is 0.718. The molecule has 2 nitrogen and oxygen atoms in total. The Kier molecular flexibility index (Phi) is 3.72. The van der Waals surface area contributed by atoms with Crippen molar-refractivity contribution in [2.75, 3.05) is 6.61 Å². The number of ether oxygens (including phenoxy) is 1. The fourth-order valence-corrected chi connectivity index (χ4v) is 1.00. The van der Waals surface area contributed by atoms with Gasteiger partial charge in [-0.2, -0.15) is 0 Å². The molecule has 0 N–H and O–H groups in total. The van der Waals surface area contributed by atoms with Crippen LogP contribution in [0, 0.1) is 0 Å². The molecule has 0 bridgehead atoms. The summed E-state index contributed by atoms with van der Waals surface area (Å²) in [4.78, 5) is 10.9. The van der Waals surface area contributed by atoms with Gasteiger partial charge in [-0.25, -0.2) is 0 Å². The monoisotopic (exact) mass is 210 g/mol. The van der Waals surface area contributed by atoms with E-state index in [1.807, 2.05) is 0 Å². The highest BCUT2D eigenvalue weighted by molar-refractivity contribution is 6.29. The Morgan fingerprint density at radius 3 is 2.43 bits per heavy atom. The molecule has 0 aliphatic rings. The van der Waals surface area contributed by atoms with Crippen molar-refractivity contribution >= 4 is 17.4 Å². The first-order valence-electron chi connectivity index (χ1n) is 4.16. The van der Waals surface area contributed by atoms with E-state index in [1.165, 1.54) is 6.92 Å². The topological polar surface area (TPSA) is 26.3 Å². The largest absolute Gasteiger partial charge is 0.488 e. The van der Waals surface area contributed by atoms with E-state index in [0.717, 1.165) is 0 Å². The van der Waals surface area contributed by atoms with E-state index in [4.69, 9.17) is 16.3 Å². The molecule has 0 radical (unpaired) electrons. The molecule has 0 saturated carbocycles. The summed E-state index contributed by atoms with van der Waals surface area (Å²) < 4.78 is 5.26. The molecule has 0 spiro atoms. The molecular formula is C11H11ClO2. The zero-order chi connectivity index (χ0) is 10.6. The van der Waals surface area contributed by atoms with E-state index in [9.17, 15) is 4.79 Å². The molecular weight excluding hydrogens is 200 g/mol. The SMILES string of the molecule is C=C(Cl)COc1ccc(C(C)=O)cc1. The van der Waals surface area contributed by atoms with Gasteiger partial charge in [0, 0.05) is 10.6 Å². The second kappa shape index (κ2) is 4.82. The lowest BCUT2D eigenvalue weighted by atomic mass is 10.1. The maximum absolute atomic E-state index is 10.9. The molecule has 1 aromatic rings. The number of halogens is 1. The number of benzene rings is 1. The highest BCUT2D eigenvalue weighted by atomic mass is 35.5. The molecule has 0 aliphatic heterocycles. The predicted octanol–water partition coefficient (Wildman–Crippen LogP) is 3.02. The number of carbonyl (C=O) groups is 1. The molecule has 1 aromatic carbocycles. The summed E-state index contributed by atoms with van der Waals surface area (Å²) in [5, 5.41) is 0.445. The average molecular weight is 211 g/mol. The molecule has 0 fully saturated rings. The Labute approximate surface area is 88.1 Å². The fourth-order valence-electron chi connectivity index (χ4n) is 0.948. The van der Waals surface area contributed by atoms with Crippen molar-refractivity contribution in [2.24, 2.45) is 0 Å². The van der Waals surface area contributed by atoms with Crippen LogP contribution >= 0.6 is 11.6 Å². The second-order valence-corrected chi connectivity index (χ2v) is 3.42. The summed E-state index contributed by atoms with van der Waals surface area (Å²) in [6, 6.07) is 6.90. The minimum Gasteiger partial charge on any atom is -0.488 e. The maximum Gasteiger partial charge on any atom is 0.159 e. The van der Waals surface area contributed by atoms with Crippen LogP contribution in [0.4, 0.5) is 0 Å². The molecule has 0 unspecified atom stereocenters. The van der Waals surface area contributed by atoms with E-state index in [1.54, 1.807) is 24.3 Å². The Morgan fingerprint density at radius 1 is 1.43 bits per heavy atom. The van der Waals surface area contributed by atoms with Crippen LogP contribution in [0.25, 0.3) is 0 Å². The van der Waals surface area contributed by atoms with Crippen LogP contribution in [0.3, 0.4) is 0 Å². The summed E-state index contributed by atoms with van der Waals surface area (Å²) >= 11 is 5.54. The van der Waals surface area contributed by atoms with Crippen molar-refractivity contribution in [2.45, 2.75) is 6.92 Å². The third kappa shape index (κ3) is 3.23. The minimum atomic E-state index is 0.0401. The van der Waals surface area contributed by atoms with Gasteiger partial charge in [-0.05, 0) is 31.2 Å². The quantitative estimate of drug-likeness (QED) is 0.715. The van der Waals surface area contributed by atoms with Gasteiger partial charge in [-0.3, -0.25) is 4.79 Å². The Bertz CT molecular complexity index is 341. The molecule has 14 heavy (non-hydrogen) atoms. The van der Waals surface area contributed by atoms with Crippen LogP contribution in [0.5, 0.6) is 5.75 Å². The predicted molar refractivity (Wildman–Crippen MR) is 56.9 cm³/mol. The van der Waals surface area contributed by atoms with Crippen LogP contribution in [0.15, 0.2) is 35.9 Å². The maximum atomic E-state index is 10.9. The third-order valence-corrected chi connectivity index (χ3v) is 1.77. The molecule has 74 valence electrons. The number of ketones is 1. The molecule has 0 amide bonds. The fraction of sp³-hybridized carbons (Fsp3) is 0.182. The van der Waals surface area contributed by atoms with E-state index in [0.29, 0.717) is 16.3 Å². The normalized spacial score (nSPS) is 9.57. The van der Waals surface area contributed by atoms with Crippen molar-refractivity contribution in [3.05, 3.63) is 41.4 Å². The highest BCUT2D eigenvalue weighted by Crippen LogP contribution is 2.13. The average Bonchev–Trinajstić information content (AvgIpc) is 2.15. The third-order valence-electron chi connectivity index (χ3n) is 1.66. The first-order valence-corrected chi connectivity index (χ1v) is 4.54. The number of Topliss-reactive ketones (excluding diaryl/α,β-unsaturated/α-hetero) is 1. The van der Waals surface area contributed by atoms with Gasteiger partial charge >= 0.3 is 0 Å². The smallest absolute Gasteiger partial charge is 0.159 e. The molecule has 0 saturated heterocycles. The summed E-state index contributed by atoms with van der Waals surface area (Å²) in [6.07, 6.45) is 0. The summed E-state index contributed by atoms with van der Waals surface area (Å²) in [5.41, 5.74) is 0.669. The summed E-state index contributed by atoms with van der Waals surface area (Å²) in [7, 11) is 0. The van der Waals surface area contributed by atoms with Gasteiger partial charge in [0.1, 0.15) is 12.4 Å². The zero-order valence-electron chi connectivity index (χ0n) is 7.92. The lowest BCUT2D eigenvalue weighted by molar-refractivity contribution is 0.101. The first kappa shape index (κ1) is 10.8. The van der Waals surface area contributed by atoms with Crippen LogP contribution in [0.2, 0.25) is 0 Å². The van der Waals surface area contributed by atoms with E-state index in [-0.39, 0.29) is 12.4 Å². The van der Waals surface area contributed by atoms with Crippen molar-refractivity contribution in [1.29, 1.82) is 0 Å². The molecule has 0 atom stereocenters. The molecule has 0 aromatic heterocycles. The van der Waals surface area contributed by atoms with Crippen molar-refractivity contribution < 1.29 is 9.53 Å². The van der Waals surface area contributed by atoms with Crippen molar-refractivity contribution in [1.82, 2.24) is 0 Å². The van der Waals surface area contributed by atoms with Crippen LogP contribution < -0.4 is 4.74 Å². The number of hydrogen-bond acceptors (Lipinski definition) is 2. The van der Waals surface area contributed by atoms with Crippen LogP contribution in [-0.4, -0.2) is 12.4 Å². The van der Waals surface area contributed by atoms with Gasteiger partial charge < -0.3 is 4.74 Å². The first-order chi connectivity index (χ1) is 6.59. The van der Waals surface area contributed by atoms with E-state index < -0.39 is 0 Å². The Balaban J connectivity index is 2.64. The minimum absolute atomic E-state index is 0.0401. The van der Waals surface area contributed by atoms with Gasteiger partial charge in [0.25, 0.3) is 0 Å². The lowest BCUT2D eigenvalue weighted by Gasteiger charge is -2.04.